The van der Waals surface area contributed by atoms with Gasteiger partial charge in [-0.3, -0.25) is 4.79 Å². The Morgan fingerprint density at radius 2 is 2.25 bits per heavy atom. The topological polar surface area (TPSA) is 47.8 Å². The van der Waals surface area contributed by atoms with Crippen molar-refractivity contribution in [3.05, 3.63) is 24.3 Å². The minimum absolute atomic E-state index is 0.139. The Kier molecular flexibility index (Phi) is 1.59. The number of fused-ring (bicyclic) bond motifs is 1. The van der Waals surface area contributed by atoms with Crippen molar-refractivity contribution in [3.63, 3.8) is 0 Å². The van der Waals surface area contributed by atoms with Gasteiger partial charge >= 0.3 is 0 Å². The molecule has 1 aromatic carbocycles. The molecule has 4 nitrogen and oxygen atoms in total. The Morgan fingerprint density at radius 1 is 1.42 bits per heavy atom. The van der Waals surface area contributed by atoms with E-state index < -0.39 is 0 Å². The van der Waals surface area contributed by atoms with Gasteiger partial charge in [-0.2, -0.15) is 0 Å². The molecule has 0 bridgehead atoms. The van der Waals surface area contributed by atoms with E-state index in [0.717, 1.165) is 11.0 Å². The van der Waals surface area contributed by atoms with Crippen molar-refractivity contribution in [1.29, 1.82) is 0 Å². The summed E-state index contributed by atoms with van der Waals surface area (Å²) in [5.74, 6) is 0. The zero-order chi connectivity index (χ0) is 8.39. The lowest BCUT2D eigenvalue weighted by molar-refractivity contribution is 0.538. The summed E-state index contributed by atoms with van der Waals surface area (Å²) in [6, 6.07) is 7.48. The highest BCUT2D eigenvalue weighted by Gasteiger charge is 2.00. The smallest absolute Gasteiger partial charge is 0.221 e. The van der Waals surface area contributed by atoms with Gasteiger partial charge in [0.2, 0.25) is 6.29 Å². The minimum atomic E-state index is 0.139. The lowest BCUT2D eigenvalue weighted by Crippen LogP contribution is -2.00. The molecule has 0 unspecified atom stereocenters. The lowest BCUT2D eigenvalue weighted by atomic mass is 10.3. The van der Waals surface area contributed by atoms with Crippen molar-refractivity contribution >= 4 is 17.3 Å². The second-order valence-corrected chi connectivity index (χ2v) is 2.38. The molecule has 0 spiro atoms. The van der Waals surface area contributed by atoms with Crippen LogP contribution in [0.3, 0.4) is 0 Å². The van der Waals surface area contributed by atoms with Gasteiger partial charge in [-0.05, 0) is 12.1 Å². The lowest BCUT2D eigenvalue weighted by Gasteiger charge is -1.92. The van der Waals surface area contributed by atoms with E-state index in [0.29, 0.717) is 0 Å². The fourth-order valence-corrected chi connectivity index (χ4v) is 1.10. The fraction of sp³-hybridized carbons (Fsp3) is 0.125. The average molecular weight is 160 g/mol. The van der Waals surface area contributed by atoms with Crippen molar-refractivity contribution in [2.24, 2.45) is 0 Å². The van der Waals surface area contributed by atoms with E-state index in [2.05, 4.69) is 10.3 Å². The fourth-order valence-electron chi connectivity index (χ4n) is 1.10. The van der Waals surface area contributed by atoms with Crippen LogP contribution in [0.5, 0.6) is 0 Å². The van der Waals surface area contributed by atoms with Gasteiger partial charge in [0.05, 0.1) is 5.52 Å². The number of hydrogen-bond acceptors (Lipinski definition) is 3. The first-order valence-electron chi connectivity index (χ1n) is 3.55. The monoisotopic (exact) mass is 160 g/mol. The summed E-state index contributed by atoms with van der Waals surface area (Å²) in [6.07, 6.45) is 1.77. The van der Waals surface area contributed by atoms with E-state index in [4.69, 9.17) is 0 Å². The SMILES string of the molecule is O=[C]Cn1nnc2ccccc21. The molecule has 0 aliphatic carbocycles. The van der Waals surface area contributed by atoms with Crippen LogP contribution in [0.4, 0.5) is 0 Å². The molecule has 0 N–H and O–H groups in total. The first-order valence-corrected chi connectivity index (χ1v) is 3.55. The molecule has 0 aliphatic heterocycles. The standard InChI is InChI=1S/C8H6N3O/c12-6-5-11-8-4-2-1-3-7(8)9-10-11/h1-4H,5H2. The van der Waals surface area contributed by atoms with E-state index in [1.165, 1.54) is 4.68 Å². The summed E-state index contributed by atoms with van der Waals surface area (Å²) in [6.45, 7) is 0.139. The van der Waals surface area contributed by atoms with Crippen LogP contribution in [0.2, 0.25) is 0 Å². The van der Waals surface area contributed by atoms with Crippen LogP contribution in [0.15, 0.2) is 24.3 Å². The largest absolute Gasteiger partial charge is 0.289 e. The first-order chi connectivity index (χ1) is 5.92. The Bertz CT molecular complexity index is 407. The van der Waals surface area contributed by atoms with E-state index >= 15 is 0 Å². The van der Waals surface area contributed by atoms with Crippen LogP contribution in [0.1, 0.15) is 0 Å². The van der Waals surface area contributed by atoms with Crippen LogP contribution in [0, 0.1) is 0 Å². The molecule has 1 heterocycles. The van der Waals surface area contributed by atoms with Gasteiger partial charge in [-0.1, -0.05) is 17.3 Å². The molecule has 4 heteroatoms. The van der Waals surface area contributed by atoms with E-state index in [9.17, 15) is 4.79 Å². The van der Waals surface area contributed by atoms with Crippen molar-refractivity contribution in [2.75, 3.05) is 0 Å². The van der Waals surface area contributed by atoms with E-state index in [1.807, 2.05) is 24.3 Å². The zero-order valence-electron chi connectivity index (χ0n) is 6.27. The van der Waals surface area contributed by atoms with Crippen LogP contribution >= 0.6 is 0 Å². The number of para-hydroxylation sites is 1. The molecule has 1 radical (unpaired) electrons. The predicted octanol–water partition coefficient (Wildman–Crippen LogP) is 0.541. The molecule has 2 rings (SSSR count). The van der Waals surface area contributed by atoms with Crippen LogP contribution in [0.25, 0.3) is 11.0 Å². The van der Waals surface area contributed by atoms with Crippen molar-refractivity contribution in [3.8, 4) is 0 Å². The van der Waals surface area contributed by atoms with Gasteiger partial charge in [0.25, 0.3) is 0 Å². The quantitative estimate of drug-likeness (QED) is 0.644. The Balaban J connectivity index is 2.62. The van der Waals surface area contributed by atoms with Crippen LogP contribution in [-0.4, -0.2) is 21.3 Å². The second kappa shape index (κ2) is 2.73. The molecule has 0 aliphatic rings. The zero-order valence-corrected chi connectivity index (χ0v) is 6.27. The number of nitrogens with zero attached hydrogens (tertiary/aromatic N) is 3. The highest BCUT2D eigenvalue weighted by Crippen LogP contribution is 2.08. The van der Waals surface area contributed by atoms with Gasteiger partial charge in [0, 0.05) is 0 Å². The van der Waals surface area contributed by atoms with Crippen molar-refractivity contribution in [1.82, 2.24) is 15.0 Å². The highest BCUT2D eigenvalue weighted by molar-refractivity contribution is 5.74. The van der Waals surface area contributed by atoms with E-state index in [-0.39, 0.29) is 6.54 Å². The Hall–Kier alpha value is -1.71. The normalized spacial score (nSPS) is 10.3. The molecule has 59 valence electrons. The molecule has 0 saturated heterocycles. The Labute approximate surface area is 68.8 Å². The molecule has 0 amide bonds. The Morgan fingerprint density at radius 3 is 3.08 bits per heavy atom. The number of carbonyl (C=O) groups excluding carboxylic acids is 1. The molecular formula is C8H6N3O. The number of aromatic nitrogens is 3. The summed E-state index contributed by atoms with van der Waals surface area (Å²) >= 11 is 0. The van der Waals surface area contributed by atoms with Crippen molar-refractivity contribution in [2.45, 2.75) is 6.54 Å². The number of hydrogen-bond donors (Lipinski definition) is 0. The highest BCUT2D eigenvalue weighted by atomic mass is 16.1. The molecule has 0 saturated carbocycles. The van der Waals surface area contributed by atoms with Gasteiger partial charge in [0.1, 0.15) is 12.1 Å². The average Bonchev–Trinajstić information content (AvgIpc) is 2.50. The molecular weight excluding hydrogens is 154 g/mol. The van der Waals surface area contributed by atoms with Crippen molar-refractivity contribution < 1.29 is 4.79 Å². The van der Waals surface area contributed by atoms with Gasteiger partial charge in [-0.15, -0.1) is 5.10 Å². The second-order valence-electron chi connectivity index (χ2n) is 2.38. The van der Waals surface area contributed by atoms with Gasteiger partial charge in [0.15, 0.2) is 0 Å². The number of benzene rings is 1. The maximum atomic E-state index is 10.1. The minimum Gasteiger partial charge on any atom is -0.289 e. The molecule has 1 aromatic heterocycles. The number of rotatable bonds is 2. The third-order valence-corrected chi connectivity index (χ3v) is 1.63. The molecule has 0 atom stereocenters. The van der Waals surface area contributed by atoms with E-state index in [1.54, 1.807) is 6.29 Å². The summed E-state index contributed by atoms with van der Waals surface area (Å²) < 4.78 is 1.52. The van der Waals surface area contributed by atoms with Crippen LogP contribution in [-0.2, 0) is 11.3 Å². The first kappa shape index (κ1) is 6.97. The maximum absolute atomic E-state index is 10.1. The molecule has 2 aromatic rings. The molecule has 12 heavy (non-hydrogen) atoms. The summed E-state index contributed by atoms with van der Waals surface area (Å²) in [7, 11) is 0. The van der Waals surface area contributed by atoms with Gasteiger partial charge < -0.3 is 0 Å². The summed E-state index contributed by atoms with van der Waals surface area (Å²) in [4.78, 5) is 10.1. The summed E-state index contributed by atoms with van der Waals surface area (Å²) in [5.41, 5.74) is 1.66. The predicted molar refractivity (Wildman–Crippen MR) is 43.2 cm³/mol. The third-order valence-electron chi connectivity index (χ3n) is 1.63. The molecule has 0 fully saturated rings. The maximum Gasteiger partial charge on any atom is 0.221 e. The van der Waals surface area contributed by atoms with Gasteiger partial charge in [-0.25, -0.2) is 4.68 Å². The summed E-state index contributed by atoms with van der Waals surface area (Å²) in [5, 5.41) is 7.66. The van der Waals surface area contributed by atoms with Crippen LogP contribution < -0.4 is 0 Å². The third kappa shape index (κ3) is 0.972.